The van der Waals surface area contributed by atoms with E-state index in [4.69, 9.17) is 10.5 Å². The molecular formula is C24H28F4N4O3. The lowest BCUT2D eigenvalue weighted by Gasteiger charge is -2.37. The predicted octanol–water partition coefficient (Wildman–Crippen LogP) is 3.94. The van der Waals surface area contributed by atoms with E-state index in [1.54, 1.807) is 6.92 Å². The van der Waals surface area contributed by atoms with E-state index in [1.165, 1.54) is 22.0 Å². The van der Waals surface area contributed by atoms with Gasteiger partial charge in [-0.1, -0.05) is 0 Å². The summed E-state index contributed by atoms with van der Waals surface area (Å²) < 4.78 is 63.3. The molecule has 1 amide bonds. The van der Waals surface area contributed by atoms with Crippen LogP contribution >= 0.6 is 0 Å². The van der Waals surface area contributed by atoms with Gasteiger partial charge in [0.15, 0.2) is 0 Å². The van der Waals surface area contributed by atoms with Crippen molar-refractivity contribution in [2.75, 3.05) is 6.61 Å². The molecular weight excluding hydrogens is 468 g/mol. The van der Waals surface area contributed by atoms with Crippen LogP contribution in [0.3, 0.4) is 0 Å². The lowest BCUT2D eigenvalue weighted by molar-refractivity contribution is -0.150. The van der Waals surface area contributed by atoms with E-state index in [0.29, 0.717) is 6.92 Å². The van der Waals surface area contributed by atoms with Crippen LogP contribution in [-0.2, 0) is 14.3 Å². The van der Waals surface area contributed by atoms with Gasteiger partial charge in [0.25, 0.3) is 5.92 Å². The first-order valence-electron chi connectivity index (χ1n) is 11.7. The van der Waals surface area contributed by atoms with Crippen LogP contribution in [-0.4, -0.2) is 51.7 Å². The number of carbonyl (C=O) groups excluding carboxylic acids is 2. The van der Waals surface area contributed by atoms with E-state index >= 15 is 8.78 Å². The van der Waals surface area contributed by atoms with E-state index in [1.807, 2.05) is 6.07 Å². The molecule has 2 fully saturated rings. The SMILES string of the molecule is CCOC(=O)C1(N2C3=CC(C(N)=O)=CC(C#N)N3C(CC3CCC(F)(F)CC3)=C2C(C)(F)F)CC1. The number of carbonyl (C=O) groups is 2. The van der Waals surface area contributed by atoms with Gasteiger partial charge in [0.1, 0.15) is 23.1 Å². The van der Waals surface area contributed by atoms with E-state index in [0.717, 1.165) is 0 Å². The second kappa shape index (κ2) is 8.57. The molecule has 0 aromatic rings. The smallest absolute Gasteiger partial charge is 0.332 e. The fourth-order valence-corrected chi connectivity index (χ4v) is 5.29. The fourth-order valence-electron chi connectivity index (χ4n) is 5.29. The number of hydrogen-bond donors (Lipinski definition) is 1. The van der Waals surface area contributed by atoms with Gasteiger partial charge in [0.2, 0.25) is 11.8 Å². The summed E-state index contributed by atoms with van der Waals surface area (Å²) in [6.45, 7) is 2.36. The Morgan fingerprint density at radius 2 is 1.89 bits per heavy atom. The molecule has 2 N–H and O–H groups in total. The Kier molecular flexibility index (Phi) is 6.14. The van der Waals surface area contributed by atoms with Crippen molar-refractivity contribution in [2.45, 2.75) is 82.2 Å². The molecule has 2 aliphatic heterocycles. The topological polar surface area (TPSA) is 99.7 Å². The highest BCUT2D eigenvalue weighted by molar-refractivity contribution is 5.95. The number of nitrogens with two attached hydrogens (primary N) is 1. The van der Waals surface area contributed by atoms with Crippen LogP contribution in [0.1, 0.15) is 58.8 Å². The van der Waals surface area contributed by atoms with Gasteiger partial charge in [0, 0.05) is 31.0 Å². The molecule has 0 saturated heterocycles. The molecule has 2 saturated carbocycles. The lowest BCUT2D eigenvalue weighted by Crippen LogP contribution is -2.47. The molecule has 0 aromatic carbocycles. The number of allylic oxidation sites excluding steroid dienone is 2. The van der Waals surface area contributed by atoms with Gasteiger partial charge >= 0.3 is 5.97 Å². The van der Waals surface area contributed by atoms with Crippen molar-refractivity contribution in [3.05, 3.63) is 34.9 Å². The monoisotopic (exact) mass is 496 g/mol. The highest BCUT2D eigenvalue weighted by Crippen LogP contribution is 2.56. The molecule has 1 unspecified atom stereocenters. The van der Waals surface area contributed by atoms with Gasteiger partial charge in [-0.3, -0.25) is 4.79 Å². The largest absolute Gasteiger partial charge is 0.464 e. The van der Waals surface area contributed by atoms with Gasteiger partial charge in [-0.05, 0) is 57.1 Å². The van der Waals surface area contributed by atoms with Crippen molar-refractivity contribution >= 4 is 11.9 Å². The standard InChI is InChI=1S/C24H28F4N4O3/c1-3-35-21(34)23(8-9-23)32-18-12-15(20(30)33)11-16(13-29)31(18)17(19(32)22(2,25)26)10-14-4-6-24(27,28)7-5-14/h11-12,14,16H,3-10H2,1-2H3,(H2,30,33). The summed E-state index contributed by atoms with van der Waals surface area (Å²) in [6.07, 6.45) is 2.73. The van der Waals surface area contributed by atoms with E-state index in [2.05, 4.69) is 0 Å². The number of fused-ring (bicyclic) bond motifs is 1. The third-order valence-corrected chi connectivity index (χ3v) is 7.12. The molecule has 2 aliphatic carbocycles. The van der Waals surface area contributed by atoms with Crippen LogP contribution in [0.15, 0.2) is 34.9 Å². The number of hydrogen-bond acceptors (Lipinski definition) is 6. The van der Waals surface area contributed by atoms with Crippen LogP contribution in [0, 0.1) is 17.2 Å². The Morgan fingerprint density at radius 3 is 2.37 bits per heavy atom. The predicted molar refractivity (Wildman–Crippen MR) is 116 cm³/mol. The van der Waals surface area contributed by atoms with Gasteiger partial charge in [0.05, 0.1) is 12.7 Å². The number of alkyl halides is 4. The van der Waals surface area contributed by atoms with Crippen molar-refractivity contribution < 1.29 is 31.9 Å². The number of halogens is 4. The maximum absolute atomic E-state index is 15.3. The zero-order valence-corrected chi connectivity index (χ0v) is 19.6. The van der Waals surface area contributed by atoms with Crippen molar-refractivity contribution in [1.29, 1.82) is 5.26 Å². The van der Waals surface area contributed by atoms with Gasteiger partial charge in [-0.2, -0.15) is 14.0 Å². The van der Waals surface area contributed by atoms with Crippen LogP contribution in [0.25, 0.3) is 0 Å². The summed E-state index contributed by atoms with van der Waals surface area (Å²) in [4.78, 5) is 27.6. The van der Waals surface area contributed by atoms with Gasteiger partial charge in [-0.25, -0.2) is 13.6 Å². The Bertz CT molecular complexity index is 1060. The minimum Gasteiger partial charge on any atom is -0.464 e. The lowest BCUT2D eigenvalue weighted by atomic mass is 9.83. The van der Waals surface area contributed by atoms with Crippen molar-refractivity contribution in [3.8, 4) is 6.07 Å². The molecule has 4 aliphatic rings. The number of amides is 1. The third kappa shape index (κ3) is 4.39. The first-order valence-corrected chi connectivity index (χ1v) is 11.7. The number of nitriles is 1. The molecule has 35 heavy (non-hydrogen) atoms. The number of rotatable bonds is 7. The molecule has 0 radical (unpaired) electrons. The highest BCUT2D eigenvalue weighted by Gasteiger charge is 2.64. The van der Waals surface area contributed by atoms with Crippen molar-refractivity contribution in [2.24, 2.45) is 11.7 Å². The summed E-state index contributed by atoms with van der Waals surface area (Å²) in [7, 11) is 0. The van der Waals surface area contributed by atoms with Crippen LogP contribution in [0.4, 0.5) is 17.6 Å². The summed E-state index contributed by atoms with van der Waals surface area (Å²) in [5.74, 6) is -7.97. The number of ether oxygens (including phenoxy) is 1. The first kappa shape index (κ1) is 25.1. The minimum atomic E-state index is -3.44. The zero-order valence-electron chi connectivity index (χ0n) is 19.6. The maximum atomic E-state index is 15.3. The number of primary amides is 1. The quantitative estimate of drug-likeness (QED) is 0.423. The summed E-state index contributed by atoms with van der Waals surface area (Å²) in [5.41, 5.74) is 3.64. The van der Waals surface area contributed by atoms with Gasteiger partial charge < -0.3 is 20.3 Å². The third-order valence-electron chi connectivity index (χ3n) is 7.12. The molecule has 0 spiro atoms. The molecule has 7 nitrogen and oxygen atoms in total. The normalized spacial score (nSPS) is 25.5. The summed E-state index contributed by atoms with van der Waals surface area (Å²) >= 11 is 0. The average Bonchev–Trinajstić information content (AvgIpc) is 3.51. The summed E-state index contributed by atoms with van der Waals surface area (Å²) in [5, 5.41) is 9.88. The second-order valence-corrected chi connectivity index (χ2v) is 9.71. The first-order chi connectivity index (χ1) is 16.3. The minimum absolute atomic E-state index is 0.0273. The molecule has 190 valence electrons. The van der Waals surface area contributed by atoms with E-state index in [-0.39, 0.29) is 74.6 Å². The number of nitrogens with zero attached hydrogens (tertiary/aromatic N) is 3. The molecule has 4 rings (SSSR count). The fraction of sp³-hybridized carbons (Fsp3) is 0.625. The summed E-state index contributed by atoms with van der Waals surface area (Å²) in [6, 6.07) is 0.877. The molecule has 0 aromatic heterocycles. The highest BCUT2D eigenvalue weighted by atomic mass is 19.3. The Labute approximate surface area is 200 Å². The molecule has 1 atom stereocenters. The molecule has 11 heteroatoms. The molecule has 0 bridgehead atoms. The average molecular weight is 497 g/mol. The van der Waals surface area contributed by atoms with E-state index < -0.39 is 41.0 Å². The van der Waals surface area contributed by atoms with Gasteiger partial charge in [-0.15, -0.1) is 0 Å². The zero-order chi connectivity index (χ0) is 25.8. The Morgan fingerprint density at radius 1 is 1.26 bits per heavy atom. The Hall–Kier alpha value is -3.03. The second-order valence-electron chi connectivity index (χ2n) is 9.71. The van der Waals surface area contributed by atoms with Crippen LogP contribution in [0.2, 0.25) is 0 Å². The van der Waals surface area contributed by atoms with Crippen molar-refractivity contribution in [1.82, 2.24) is 9.80 Å². The van der Waals surface area contributed by atoms with Crippen LogP contribution < -0.4 is 5.73 Å². The van der Waals surface area contributed by atoms with E-state index in [9.17, 15) is 23.6 Å². The molecule has 2 heterocycles. The Balaban J connectivity index is 1.86. The van der Waals surface area contributed by atoms with Crippen LogP contribution in [0.5, 0.6) is 0 Å². The maximum Gasteiger partial charge on any atom is 0.332 e. The van der Waals surface area contributed by atoms with Crippen molar-refractivity contribution in [3.63, 3.8) is 0 Å². The number of esters is 1.